The zero-order chi connectivity index (χ0) is 19.7. The van der Waals surface area contributed by atoms with Crippen molar-refractivity contribution in [2.75, 3.05) is 29.1 Å². The smallest absolute Gasteiger partial charge is 0.331 e. The van der Waals surface area contributed by atoms with Gasteiger partial charge < -0.3 is 10.6 Å². The van der Waals surface area contributed by atoms with E-state index in [1.807, 2.05) is 6.07 Å². The van der Waals surface area contributed by atoms with Crippen molar-refractivity contribution in [2.24, 2.45) is 0 Å². The van der Waals surface area contributed by atoms with E-state index in [-0.39, 0.29) is 24.5 Å². The van der Waals surface area contributed by atoms with Crippen molar-refractivity contribution in [1.29, 1.82) is 0 Å². The predicted molar refractivity (Wildman–Crippen MR) is 105 cm³/mol. The number of anilines is 3. The van der Waals surface area contributed by atoms with Gasteiger partial charge in [0.05, 0.1) is 24.3 Å². The number of nitrogens with zero attached hydrogens (tertiary/aromatic N) is 5. The summed E-state index contributed by atoms with van der Waals surface area (Å²) in [5, 5.41) is 7.17. The molecule has 4 rings (SSSR count). The molecule has 1 saturated heterocycles. The van der Waals surface area contributed by atoms with Crippen LogP contribution in [0.1, 0.15) is 19.3 Å². The van der Waals surface area contributed by atoms with Gasteiger partial charge >= 0.3 is 6.03 Å². The Labute approximate surface area is 167 Å². The minimum absolute atomic E-state index is 0.0490. The lowest BCUT2D eigenvalue weighted by atomic mass is 10.2. The summed E-state index contributed by atoms with van der Waals surface area (Å²) in [5.41, 5.74) is 0.612. The third-order valence-corrected chi connectivity index (χ3v) is 5.20. The highest BCUT2D eigenvalue weighted by atomic mass is 35.5. The average Bonchev–Trinajstić information content (AvgIpc) is 3.24. The average molecular weight is 402 g/mol. The van der Waals surface area contributed by atoms with Crippen LogP contribution in [0.15, 0.2) is 30.7 Å². The lowest BCUT2D eigenvalue weighted by molar-refractivity contribution is -0.123. The van der Waals surface area contributed by atoms with Gasteiger partial charge in [0.15, 0.2) is 0 Å². The standard InChI is InChI=1S/C18H20ClN7O2/c1-25-17(27)10-26(18(25)28)13-4-5-15(21-7-13)23-11-2-3-12(6-11)24-16-9-20-14(19)8-22-16/h4-5,7-9,11-12H,2-3,6,10H2,1H3,(H,21,23)(H,22,24)/t11-,12-/m0/s1. The molecule has 10 heteroatoms. The van der Waals surface area contributed by atoms with Crippen molar-refractivity contribution >= 4 is 40.9 Å². The first-order valence-electron chi connectivity index (χ1n) is 9.04. The number of imide groups is 1. The molecule has 3 heterocycles. The molecule has 3 amide bonds. The molecule has 0 radical (unpaired) electrons. The lowest BCUT2D eigenvalue weighted by Crippen LogP contribution is -2.29. The largest absolute Gasteiger partial charge is 0.367 e. The molecular weight excluding hydrogens is 382 g/mol. The summed E-state index contributed by atoms with van der Waals surface area (Å²) >= 11 is 5.76. The fraction of sp³-hybridized carbons (Fsp3) is 0.389. The quantitative estimate of drug-likeness (QED) is 0.741. The number of carbonyl (C=O) groups is 2. The molecule has 0 bridgehead atoms. The highest BCUT2D eigenvalue weighted by Crippen LogP contribution is 2.26. The van der Waals surface area contributed by atoms with Crippen LogP contribution in [0.2, 0.25) is 5.15 Å². The van der Waals surface area contributed by atoms with Gasteiger partial charge in [0.25, 0.3) is 0 Å². The molecule has 0 unspecified atom stereocenters. The third-order valence-electron chi connectivity index (χ3n) is 5.00. The Morgan fingerprint density at radius 1 is 1.00 bits per heavy atom. The summed E-state index contributed by atoms with van der Waals surface area (Å²) in [6.45, 7) is 0.0490. The summed E-state index contributed by atoms with van der Waals surface area (Å²) in [4.78, 5) is 38.9. The minimum atomic E-state index is -0.331. The first-order valence-corrected chi connectivity index (χ1v) is 9.42. The van der Waals surface area contributed by atoms with Crippen molar-refractivity contribution in [3.05, 3.63) is 35.9 Å². The minimum Gasteiger partial charge on any atom is -0.367 e. The van der Waals surface area contributed by atoms with Crippen molar-refractivity contribution in [1.82, 2.24) is 19.9 Å². The number of halogens is 1. The summed E-state index contributed by atoms with van der Waals surface area (Å²) in [6, 6.07) is 3.89. The Bertz CT molecular complexity index is 875. The first-order chi connectivity index (χ1) is 13.5. The van der Waals surface area contributed by atoms with E-state index in [4.69, 9.17) is 11.6 Å². The van der Waals surface area contributed by atoms with Crippen LogP contribution in [0.25, 0.3) is 0 Å². The number of urea groups is 1. The second kappa shape index (κ2) is 7.59. The first kappa shape index (κ1) is 18.4. The normalized spacial score (nSPS) is 22.1. The van der Waals surface area contributed by atoms with Crippen LogP contribution in [0.4, 0.5) is 22.1 Å². The number of hydrogen-bond donors (Lipinski definition) is 2. The summed E-state index contributed by atoms with van der Waals surface area (Å²) in [7, 11) is 1.48. The molecule has 2 N–H and O–H groups in total. The van der Waals surface area contributed by atoms with Crippen LogP contribution >= 0.6 is 11.6 Å². The number of aromatic nitrogens is 3. The van der Waals surface area contributed by atoms with E-state index < -0.39 is 0 Å². The zero-order valence-corrected chi connectivity index (χ0v) is 16.1. The zero-order valence-electron chi connectivity index (χ0n) is 15.3. The molecule has 146 valence electrons. The topological polar surface area (TPSA) is 103 Å². The molecule has 1 aliphatic heterocycles. The van der Waals surface area contributed by atoms with Gasteiger partial charge in [-0.2, -0.15) is 0 Å². The van der Waals surface area contributed by atoms with E-state index in [0.717, 1.165) is 30.0 Å². The summed E-state index contributed by atoms with van der Waals surface area (Å²) < 4.78 is 0. The molecule has 9 nitrogen and oxygen atoms in total. The van der Waals surface area contributed by atoms with Gasteiger partial charge in [-0.3, -0.25) is 14.6 Å². The Morgan fingerprint density at radius 2 is 1.71 bits per heavy atom. The van der Waals surface area contributed by atoms with Crippen LogP contribution in [0.3, 0.4) is 0 Å². The number of likely N-dealkylation sites (N-methyl/N-ethyl adjacent to an activating group) is 1. The van der Waals surface area contributed by atoms with E-state index in [1.54, 1.807) is 18.5 Å². The third kappa shape index (κ3) is 3.84. The molecule has 2 aromatic heterocycles. The van der Waals surface area contributed by atoms with Gasteiger partial charge in [-0.1, -0.05) is 11.6 Å². The molecule has 1 aliphatic carbocycles. The van der Waals surface area contributed by atoms with Crippen molar-refractivity contribution in [2.45, 2.75) is 31.3 Å². The lowest BCUT2D eigenvalue weighted by Gasteiger charge is -2.17. The number of rotatable bonds is 5. The Balaban J connectivity index is 1.32. The van der Waals surface area contributed by atoms with Crippen LogP contribution in [-0.2, 0) is 4.79 Å². The number of pyridine rings is 1. The summed E-state index contributed by atoms with van der Waals surface area (Å²) in [6.07, 6.45) is 7.71. The Kier molecular flexibility index (Phi) is 4.99. The number of amides is 3. The fourth-order valence-electron chi connectivity index (χ4n) is 3.48. The molecule has 0 aromatic carbocycles. The van der Waals surface area contributed by atoms with Gasteiger partial charge in [0.1, 0.15) is 23.3 Å². The number of carbonyl (C=O) groups excluding carboxylic acids is 2. The van der Waals surface area contributed by atoms with Gasteiger partial charge in [-0.15, -0.1) is 0 Å². The van der Waals surface area contributed by atoms with Gasteiger partial charge in [0, 0.05) is 19.1 Å². The van der Waals surface area contributed by atoms with E-state index in [1.165, 1.54) is 18.1 Å². The van der Waals surface area contributed by atoms with Crippen LogP contribution < -0.4 is 15.5 Å². The number of nitrogens with one attached hydrogen (secondary N) is 2. The van der Waals surface area contributed by atoms with E-state index in [9.17, 15) is 9.59 Å². The molecule has 0 spiro atoms. The highest BCUT2D eigenvalue weighted by molar-refractivity contribution is 6.29. The second-order valence-corrected chi connectivity index (χ2v) is 7.33. The Morgan fingerprint density at radius 3 is 2.29 bits per heavy atom. The van der Waals surface area contributed by atoms with Gasteiger partial charge in [-0.05, 0) is 31.4 Å². The molecular formula is C18H20ClN7O2. The monoisotopic (exact) mass is 401 g/mol. The molecule has 2 aromatic rings. The van der Waals surface area contributed by atoms with E-state index >= 15 is 0 Å². The van der Waals surface area contributed by atoms with Crippen LogP contribution in [-0.4, -0.2) is 57.5 Å². The predicted octanol–water partition coefficient (Wildman–Crippen LogP) is 2.37. The van der Waals surface area contributed by atoms with Crippen LogP contribution in [0, 0.1) is 0 Å². The molecule has 28 heavy (non-hydrogen) atoms. The van der Waals surface area contributed by atoms with Crippen molar-refractivity contribution < 1.29 is 9.59 Å². The summed E-state index contributed by atoms with van der Waals surface area (Å²) in [5.74, 6) is 1.24. The molecule has 1 saturated carbocycles. The molecule has 2 atom stereocenters. The Hall–Kier alpha value is -2.94. The maximum atomic E-state index is 12.0. The SMILES string of the molecule is CN1C(=O)CN(c2ccc(N[C@H]3CC[C@H](Nc4cnc(Cl)cn4)C3)nc2)C1=O. The van der Waals surface area contributed by atoms with Crippen molar-refractivity contribution in [3.63, 3.8) is 0 Å². The molecule has 2 fully saturated rings. The van der Waals surface area contributed by atoms with Gasteiger partial charge in [-0.25, -0.2) is 19.7 Å². The second-order valence-electron chi connectivity index (χ2n) is 6.94. The number of hydrogen-bond acceptors (Lipinski definition) is 7. The maximum Gasteiger partial charge on any atom is 0.331 e. The van der Waals surface area contributed by atoms with Gasteiger partial charge in [0.2, 0.25) is 5.91 Å². The highest BCUT2D eigenvalue weighted by Gasteiger charge is 2.34. The van der Waals surface area contributed by atoms with Crippen molar-refractivity contribution in [3.8, 4) is 0 Å². The maximum absolute atomic E-state index is 12.0. The van der Waals surface area contributed by atoms with E-state index in [2.05, 4.69) is 25.6 Å². The van der Waals surface area contributed by atoms with E-state index in [0.29, 0.717) is 22.7 Å². The fourth-order valence-corrected chi connectivity index (χ4v) is 3.58. The van der Waals surface area contributed by atoms with Crippen LogP contribution in [0.5, 0.6) is 0 Å². The molecule has 2 aliphatic rings.